The number of hydrogen-bond acceptors (Lipinski definition) is 5. The van der Waals surface area contributed by atoms with E-state index in [0.29, 0.717) is 11.1 Å². The molecule has 23 heavy (non-hydrogen) atoms. The zero-order chi connectivity index (χ0) is 16.0. The van der Waals surface area contributed by atoms with Gasteiger partial charge in [-0.25, -0.2) is 5.48 Å². The van der Waals surface area contributed by atoms with Gasteiger partial charge < -0.3 is 5.32 Å². The molecule has 1 atom stereocenters. The number of carbonyl (C=O) groups is 1. The van der Waals surface area contributed by atoms with Crippen LogP contribution in [-0.2, 0) is 13.0 Å². The third kappa shape index (κ3) is 2.55. The molecule has 0 spiro atoms. The largest absolute Gasteiger partial charge is 0.314 e. The van der Waals surface area contributed by atoms with Crippen LogP contribution in [0.5, 0.6) is 0 Å². The van der Waals surface area contributed by atoms with Crippen molar-refractivity contribution in [1.29, 1.82) is 0 Å². The highest BCUT2D eigenvalue weighted by Gasteiger charge is 2.55. The van der Waals surface area contributed by atoms with Gasteiger partial charge in [0.1, 0.15) is 0 Å². The van der Waals surface area contributed by atoms with Crippen molar-refractivity contribution >= 4 is 5.91 Å². The Morgan fingerprint density at radius 3 is 3.00 bits per heavy atom. The number of aromatic nitrogens is 1. The lowest BCUT2D eigenvalue weighted by molar-refractivity contribution is 0.0705. The smallest absolute Gasteiger partial charge is 0.276 e. The van der Waals surface area contributed by atoms with Crippen molar-refractivity contribution in [3.8, 4) is 0 Å². The lowest BCUT2D eigenvalue weighted by Gasteiger charge is -2.38. The highest BCUT2D eigenvalue weighted by atomic mass is 16.5. The van der Waals surface area contributed by atoms with E-state index in [0.717, 1.165) is 49.1 Å². The Labute approximate surface area is 136 Å². The van der Waals surface area contributed by atoms with E-state index >= 15 is 0 Å². The predicted octanol–water partition coefficient (Wildman–Crippen LogP) is 0.947. The molecule has 5 rings (SSSR count). The number of carbonyl (C=O) groups excluding carboxylic acids is 1. The normalized spacial score (nSPS) is 32.3. The maximum absolute atomic E-state index is 11.6. The third-order valence-corrected chi connectivity index (χ3v) is 6.13. The lowest BCUT2D eigenvalue weighted by atomic mass is 9.76. The maximum Gasteiger partial charge on any atom is 0.276 e. The molecule has 0 radical (unpaired) electrons. The first-order valence-electron chi connectivity index (χ1n) is 8.46. The summed E-state index contributed by atoms with van der Waals surface area (Å²) in [5.41, 5.74) is 4.73. The first kappa shape index (κ1) is 15.1. The average Bonchev–Trinajstić information content (AvgIpc) is 3.07. The van der Waals surface area contributed by atoms with E-state index in [1.165, 1.54) is 19.3 Å². The summed E-state index contributed by atoms with van der Waals surface area (Å²) < 4.78 is 0. The summed E-state index contributed by atoms with van der Waals surface area (Å²) in [5.74, 6) is 1.18. The number of rotatable bonds is 4. The molecule has 0 saturated heterocycles. The van der Waals surface area contributed by atoms with E-state index < -0.39 is 5.91 Å². The highest BCUT2D eigenvalue weighted by molar-refractivity contribution is 5.93. The van der Waals surface area contributed by atoms with Gasteiger partial charge in [-0.15, -0.1) is 0 Å². The second-order valence-electron chi connectivity index (χ2n) is 7.42. The van der Waals surface area contributed by atoms with Crippen LogP contribution in [0.1, 0.15) is 40.9 Å². The standard InChI is InChI=1S/C17H24N4O2/c1-18-17-5-13(6-17)14(7-17)10-21-3-2-15-12(9-21)4-11(8-19-15)16(22)20-23/h4,8,13-14,18,23H,2-3,5-7,9-10H2,1H3,(H,20,22)/t13?,14-,17?/m1/s1. The monoisotopic (exact) mass is 316 g/mol. The molecule has 3 saturated carbocycles. The Morgan fingerprint density at radius 1 is 1.48 bits per heavy atom. The fourth-order valence-electron chi connectivity index (χ4n) is 4.79. The van der Waals surface area contributed by atoms with E-state index in [4.69, 9.17) is 5.21 Å². The van der Waals surface area contributed by atoms with Crippen molar-refractivity contribution in [2.75, 3.05) is 20.1 Å². The van der Waals surface area contributed by atoms with Crippen LogP contribution < -0.4 is 10.8 Å². The zero-order valence-corrected chi connectivity index (χ0v) is 13.5. The molecule has 0 aromatic carbocycles. The van der Waals surface area contributed by atoms with Gasteiger partial charge in [0.25, 0.3) is 5.91 Å². The number of hydroxylamine groups is 1. The number of hydrogen-bond donors (Lipinski definition) is 3. The predicted molar refractivity (Wildman–Crippen MR) is 85.1 cm³/mol. The SMILES string of the molecule is CNC12CC(C1)[C@@H](CN1CCc3ncc(C(=O)NO)cc3C1)C2. The van der Waals surface area contributed by atoms with E-state index in [1.54, 1.807) is 11.7 Å². The molecule has 2 heterocycles. The van der Waals surface area contributed by atoms with Gasteiger partial charge >= 0.3 is 0 Å². The fourth-order valence-corrected chi connectivity index (χ4v) is 4.79. The molecule has 6 heteroatoms. The topological polar surface area (TPSA) is 77.5 Å². The van der Waals surface area contributed by atoms with Crippen LogP contribution in [0.3, 0.4) is 0 Å². The summed E-state index contributed by atoms with van der Waals surface area (Å²) in [6, 6.07) is 1.86. The van der Waals surface area contributed by atoms with Crippen LogP contribution in [0.4, 0.5) is 0 Å². The molecular formula is C17H24N4O2. The third-order valence-electron chi connectivity index (χ3n) is 6.13. The molecule has 4 aliphatic rings. The van der Waals surface area contributed by atoms with Crippen LogP contribution >= 0.6 is 0 Å². The maximum atomic E-state index is 11.6. The van der Waals surface area contributed by atoms with Crippen LogP contribution in [0, 0.1) is 11.8 Å². The van der Waals surface area contributed by atoms with Gasteiger partial charge in [0.05, 0.1) is 5.56 Å². The van der Waals surface area contributed by atoms with Gasteiger partial charge in [-0.2, -0.15) is 0 Å². The first-order chi connectivity index (χ1) is 11.1. The Kier molecular flexibility index (Phi) is 3.63. The minimum absolute atomic E-state index is 0.422. The van der Waals surface area contributed by atoms with Gasteiger partial charge in [-0.05, 0) is 49.8 Å². The Hall–Kier alpha value is -1.50. The van der Waals surface area contributed by atoms with Crippen molar-refractivity contribution < 1.29 is 10.0 Å². The van der Waals surface area contributed by atoms with Crippen LogP contribution in [0.25, 0.3) is 0 Å². The minimum Gasteiger partial charge on any atom is -0.314 e. The molecule has 1 amide bonds. The molecule has 6 nitrogen and oxygen atoms in total. The Bertz CT molecular complexity index is 627. The number of amides is 1. The molecular weight excluding hydrogens is 292 g/mol. The summed E-state index contributed by atoms with van der Waals surface area (Å²) in [5, 5.41) is 12.3. The van der Waals surface area contributed by atoms with Gasteiger partial charge in [-0.1, -0.05) is 0 Å². The van der Waals surface area contributed by atoms with E-state index in [2.05, 4.69) is 22.2 Å². The van der Waals surface area contributed by atoms with Crippen LogP contribution in [0.15, 0.2) is 12.3 Å². The average molecular weight is 316 g/mol. The molecule has 2 bridgehead atoms. The van der Waals surface area contributed by atoms with Gasteiger partial charge in [0.15, 0.2) is 0 Å². The van der Waals surface area contributed by atoms with Crippen molar-refractivity contribution in [3.63, 3.8) is 0 Å². The molecule has 3 aliphatic carbocycles. The first-order valence-corrected chi connectivity index (χ1v) is 8.46. The molecule has 3 fully saturated rings. The molecule has 3 N–H and O–H groups in total. The van der Waals surface area contributed by atoms with E-state index in [-0.39, 0.29) is 0 Å². The van der Waals surface area contributed by atoms with Crippen LogP contribution in [-0.4, -0.2) is 46.7 Å². The molecule has 1 aromatic heterocycles. The Balaban J connectivity index is 1.43. The molecule has 0 unspecified atom stereocenters. The number of nitrogens with one attached hydrogen (secondary N) is 2. The lowest BCUT2D eigenvalue weighted by Crippen LogP contribution is -2.47. The quantitative estimate of drug-likeness (QED) is 0.569. The number of fused-ring (bicyclic) bond motifs is 2. The van der Waals surface area contributed by atoms with Crippen molar-refractivity contribution in [2.24, 2.45) is 11.8 Å². The molecule has 1 aromatic rings. The van der Waals surface area contributed by atoms with E-state index in [1.807, 2.05) is 6.07 Å². The van der Waals surface area contributed by atoms with Crippen LogP contribution in [0.2, 0.25) is 0 Å². The van der Waals surface area contributed by atoms with Crippen molar-refractivity contribution in [3.05, 3.63) is 29.1 Å². The van der Waals surface area contributed by atoms with Gasteiger partial charge in [0.2, 0.25) is 0 Å². The second kappa shape index (κ2) is 5.54. The Morgan fingerprint density at radius 2 is 2.30 bits per heavy atom. The minimum atomic E-state index is -0.495. The summed E-state index contributed by atoms with van der Waals surface area (Å²) in [6.45, 7) is 3.04. The second-order valence-corrected chi connectivity index (χ2v) is 7.42. The molecule has 124 valence electrons. The molecule has 1 aliphatic heterocycles. The highest BCUT2D eigenvalue weighted by Crippen LogP contribution is 2.55. The number of nitrogens with zero attached hydrogens (tertiary/aromatic N) is 2. The fraction of sp³-hybridized carbons (Fsp3) is 0.647. The van der Waals surface area contributed by atoms with Crippen molar-refractivity contribution in [1.82, 2.24) is 20.7 Å². The van der Waals surface area contributed by atoms with Gasteiger partial charge in [-0.3, -0.25) is 19.9 Å². The summed E-state index contributed by atoms with van der Waals surface area (Å²) in [6.07, 6.45) is 6.44. The van der Waals surface area contributed by atoms with Gasteiger partial charge in [0, 0.05) is 43.5 Å². The number of pyridine rings is 1. The summed E-state index contributed by atoms with van der Waals surface area (Å²) in [4.78, 5) is 18.4. The van der Waals surface area contributed by atoms with E-state index in [9.17, 15) is 4.79 Å². The van der Waals surface area contributed by atoms with Crippen molar-refractivity contribution in [2.45, 2.75) is 37.8 Å². The zero-order valence-electron chi connectivity index (χ0n) is 13.5. The summed E-state index contributed by atoms with van der Waals surface area (Å²) in [7, 11) is 2.09. The summed E-state index contributed by atoms with van der Waals surface area (Å²) >= 11 is 0.